The first-order valence-corrected chi connectivity index (χ1v) is 10.7. The number of piperazine rings is 1. The molecule has 1 aromatic carbocycles. The van der Waals surface area contributed by atoms with E-state index < -0.39 is 0 Å². The van der Waals surface area contributed by atoms with Gasteiger partial charge in [-0.2, -0.15) is 0 Å². The number of hydrogen-bond donors (Lipinski definition) is 1. The molecule has 1 saturated heterocycles. The highest BCUT2D eigenvalue weighted by Crippen LogP contribution is 2.24. The SMILES string of the molecule is CCc1cc(=O)[nH]c(-c2ccc(N3CCN(c4ccc(C(=O)OC)cc4)CC3C)nc2)n1. The number of nitrogens with one attached hydrogen (secondary N) is 1. The van der Waals surface area contributed by atoms with Crippen LogP contribution in [0.4, 0.5) is 11.5 Å². The molecule has 0 radical (unpaired) electrons. The third-order valence-electron chi connectivity index (χ3n) is 5.75. The molecular formula is C24H27N5O3. The number of benzene rings is 1. The number of rotatable bonds is 5. The molecule has 1 aliphatic heterocycles. The van der Waals surface area contributed by atoms with Gasteiger partial charge in [-0.15, -0.1) is 0 Å². The van der Waals surface area contributed by atoms with Crippen molar-refractivity contribution in [2.45, 2.75) is 26.3 Å². The average molecular weight is 434 g/mol. The van der Waals surface area contributed by atoms with Crippen LogP contribution in [-0.2, 0) is 11.2 Å². The number of pyridine rings is 1. The molecule has 1 atom stereocenters. The highest BCUT2D eigenvalue weighted by atomic mass is 16.5. The summed E-state index contributed by atoms with van der Waals surface area (Å²) in [6.45, 7) is 6.66. The molecule has 3 heterocycles. The molecule has 32 heavy (non-hydrogen) atoms. The number of esters is 1. The van der Waals surface area contributed by atoms with Crippen LogP contribution >= 0.6 is 0 Å². The summed E-state index contributed by atoms with van der Waals surface area (Å²) in [6, 6.07) is 13.2. The van der Waals surface area contributed by atoms with Gasteiger partial charge in [0.2, 0.25) is 0 Å². The van der Waals surface area contributed by atoms with Gasteiger partial charge in [-0.05, 0) is 49.7 Å². The van der Waals surface area contributed by atoms with Gasteiger partial charge < -0.3 is 19.5 Å². The normalized spacial score (nSPS) is 16.2. The van der Waals surface area contributed by atoms with Gasteiger partial charge in [0.25, 0.3) is 5.56 Å². The minimum absolute atomic E-state index is 0.153. The Bertz CT molecular complexity index is 1140. The van der Waals surface area contributed by atoms with E-state index in [-0.39, 0.29) is 17.6 Å². The Balaban J connectivity index is 1.45. The Morgan fingerprint density at radius 2 is 1.97 bits per heavy atom. The summed E-state index contributed by atoms with van der Waals surface area (Å²) in [5.41, 5.74) is 3.03. The van der Waals surface area contributed by atoms with Crippen molar-refractivity contribution in [3.05, 3.63) is 70.3 Å². The minimum atomic E-state index is -0.329. The van der Waals surface area contributed by atoms with Crippen LogP contribution in [0.5, 0.6) is 0 Å². The number of nitrogens with zero attached hydrogens (tertiary/aromatic N) is 4. The average Bonchev–Trinajstić information content (AvgIpc) is 2.83. The summed E-state index contributed by atoms with van der Waals surface area (Å²) < 4.78 is 4.77. The summed E-state index contributed by atoms with van der Waals surface area (Å²) in [5, 5.41) is 0. The van der Waals surface area contributed by atoms with E-state index in [4.69, 9.17) is 4.74 Å². The van der Waals surface area contributed by atoms with Crippen LogP contribution in [0.1, 0.15) is 29.9 Å². The number of anilines is 2. The van der Waals surface area contributed by atoms with Crippen LogP contribution < -0.4 is 15.4 Å². The zero-order valence-corrected chi connectivity index (χ0v) is 18.5. The molecule has 1 aliphatic rings. The number of aromatic amines is 1. The van der Waals surface area contributed by atoms with Gasteiger partial charge in [0.05, 0.1) is 12.7 Å². The van der Waals surface area contributed by atoms with Crippen LogP contribution in [0.3, 0.4) is 0 Å². The number of ether oxygens (including phenoxy) is 1. The fourth-order valence-corrected chi connectivity index (χ4v) is 3.98. The Kier molecular flexibility index (Phi) is 6.20. The third kappa shape index (κ3) is 4.49. The van der Waals surface area contributed by atoms with E-state index in [1.54, 1.807) is 18.3 Å². The predicted molar refractivity (Wildman–Crippen MR) is 124 cm³/mol. The second kappa shape index (κ2) is 9.21. The van der Waals surface area contributed by atoms with Crippen molar-refractivity contribution < 1.29 is 9.53 Å². The smallest absolute Gasteiger partial charge is 0.337 e. The first-order valence-electron chi connectivity index (χ1n) is 10.7. The summed E-state index contributed by atoms with van der Waals surface area (Å²) in [5.74, 6) is 1.11. The van der Waals surface area contributed by atoms with E-state index in [1.807, 2.05) is 31.2 Å². The van der Waals surface area contributed by atoms with Crippen LogP contribution in [-0.4, -0.2) is 53.7 Å². The molecule has 2 aromatic heterocycles. The maximum Gasteiger partial charge on any atom is 0.337 e. The Morgan fingerprint density at radius 1 is 1.19 bits per heavy atom. The second-order valence-electron chi connectivity index (χ2n) is 7.87. The molecule has 1 unspecified atom stereocenters. The maximum absolute atomic E-state index is 11.9. The van der Waals surface area contributed by atoms with Crippen molar-refractivity contribution in [2.24, 2.45) is 0 Å². The van der Waals surface area contributed by atoms with E-state index in [9.17, 15) is 9.59 Å². The molecular weight excluding hydrogens is 406 g/mol. The van der Waals surface area contributed by atoms with Gasteiger partial charge >= 0.3 is 5.97 Å². The van der Waals surface area contributed by atoms with Crippen molar-refractivity contribution in [2.75, 3.05) is 36.5 Å². The molecule has 0 saturated carbocycles. The largest absolute Gasteiger partial charge is 0.465 e. The summed E-state index contributed by atoms with van der Waals surface area (Å²) in [7, 11) is 1.38. The van der Waals surface area contributed by atoms with E-state index in [2.05, 4.69) is 31.7 Å². The summed E-state index contributed by atoms with van der Waals surface area (Å²) >= 11 is 0. The number of carbonyl (C=O) groups is 1. The molecule has 8 heteroatoms. The quantitative estimate of drug-likeness (QED) is 0.619. The van der Waals surface area contributed by atoms with Gasteiger partial charge in [-0.1, -0.05) is 6.92 Å². The number of hydrogen-bond acceptors (Lipinski definition) is 7. The van der Waals surface area contributed by atoms with Crippen molar-refractivity contribution in [1.82, 2.24) is 15.0 Å². The maximum atomic E-state index is 11.9. The lowest BCUT2D eigenvalue weighted by Gasteiger charge is -2.41. The molecule has 3 aromatic rings. The molecule has 0 spiro atoms. The van der Waals surface area contributed by atoms with Gasteiger partial charge in [-0.25, -0.2) is 14.8 Å². The van der Waals surface area contributed by atoms with Crippen molar-refractivity contribution in [3.8, 4) is 11.4 Å². The fraction of sp³-hybridized carbons (Fsp3) is 0.333. The number of carbonyl (C=O) groups excluding carboxylic acids is 1. The Hall–Kier alpha value is -3.68. The topological polar surface area (TPSA) is 91.4 Å². The lowest BCUT2D eigenvalue weighted by atomic mass is 10.1. The highest BCUT2D eigenvalue weighted by molar-refractivity contribution is 5.89. The van der Waals surface area contributed by atoms with E-state index >= 15 is 0 Å². The van der Waals surface area contributed by atoms with Crippen molar-refractivity contribution in [3.63, 3.8) is 0 Å². The highest BCUT2D eigenvalue weighted by Gasteiger charge is 2.25. The number of methoxy groups -OCH3 is 1. The first-order chi connectivity index (χ1) is 15.5. The molecule has 1 N–H and O–H groups in total. The number of H-pyrrole nitrogens is 1. The minimum Gasteiger partial charge on any atom is -0.465 e. The molecule has 0 aliphatic carbocycles. The van der Waals surface area contributed by atoms with Gasteiger partial charge in [0.1, 0.15) is 11.6 Å². The molecule has 8 nitrogen and oxygen atoms in total. The first kappa shape index (κ1) is 21.5. The molecule has 166 valence electrons. The third-order valence-corrected chi connectivity index (χ3v) is 5.75. The predicted octanol–water partition coefficient (Wildman–Crippen LogP) is 2.90. The van der Waals surface area contributed by atoms with Crippen LogP contribution in [0, 0.1) is 0 Å². The molecule has 0 amide bonds. The lowest BCUT2D eigenvalue weighted by Crippen LogP contribution is -2.52. The van der Waals surface area contributed by atoms with Gasteiger partial charge in [0.15, 0.2) is 0 Å². The van der Waals surface area contributed by atoms with Crippen LogP contribution in [0.25, 0.3) is 11.4 Å². The number of aryl methyl sites for hydroxylation is 1. The monoisotopic (exact) mass is 433 g/mol. The summed E-state index contributed by atoms with van der Waals surface area (Å²) in [4.78, 5) is 40.0. The zero-order valence-electron chi connectivity index (χ0n) is 18.5. The fourth-order valence-electron chi connectivity index (χ4n) is 3.98. The van der Waals surface area contributed by atoms with Crippen molar-refractivity contribution in [1.29, 1.82) is 0 Å². The van der Waals surface area contributed by atoms with E-state index in [1.165, 1.54) is 13.2 Å². The van der Waals surface area contributed by atoms with Gasteiger partial charge in [-0.3, -0.25) is 4.79 Å². The Morgan fingerprint density at radius 3 is 2.59 bits per heavy atom. The van der Waals surface area contributed by atoms with Crippen LogP contribution in [0.2, 0.25) is 0 Å². The lowest BCUT2D eigenvalue weighted by molar-refractivity contribution is 0.0600. The van der Waals surface area contributed by atoms with Gasteiger partial charge in [0, 0.05) is 54.9 Å². The zero-order chi connectivity index (χ0) is 22.7. The number of aromatic nitrogens is 3. The molecule has 0 bridgehead atoms. The van der Waals surface area contributed by atoms with E-state index in [0.717, 1.165) is 42.4 Å². The Labute approximate surface area is 186 Å². The van der Waals surface area contributed by atoms with E-state index in [0.29, 0.717) is 17.8 Å². The summed E-state index contributed by atoms with van der Waals surface area (Å²) in [6.07, 6.45) is 2.47. The standard InChI is InChI=1S/C24H27N5O3/c1-4-19-13-22(30)27-23(26-19)18-7-10-21(25-14-18)29-12-11-28(15-16(29)2)20-8-5-17(6-9-20)24(31)32-3/h5-10,13-14,16H,4,11-12,15H2,1-3H3,(H,26,27,30). The van der Waals surface area contributed by atoms with Crippen LogP contribution in [0.15, 0.2) is 53.5 Å². The second-order valence-corrected chi connectivity index (χ2v) is 7.87. The van der Waals surface area contributed by atoms with Crippen molar-refractivity contribution >= 4 is 17.5 Å². The molecule has 4 rings (SSSR count). The molecule has 1 fully saturated rings.